The zero-order chi connectivity index (χ0) is 96.5. The van der Waals surface area contributed by atoms with Crippen molar-refractivity contribution in [3.8, 4) is 91.8 Å². The second-order valence-electron chi connectivity index (χ2n) is 34.1. The van der Waals surface area contributed by atoms with Gasteiger partial charge in [-0.25, -0.2) is 19.9 Å². The van der Waals surface area contributed by atoms with Gasteiger partial charge in [0.2, 0.25) is 0 Å². The third-order valence-corrected chi connectivity index (χ3v) is 18.2. The van der Waals surface area contributed by atoms with Crippen LogP contribution in [-0.4, -0.2) is 116 Å². The van der Waals surface area contributed by atoms with Crippen LogP contribution < -0.4 is 40.8 Å². The van der Waals surface area contributed by atoms with Gasteiger partial charge < -0.3 is 81.1 Å². The van der Waals surface area contributed by atoms with Crippen LogP contribution in [0.1, 0.15) is 178 Å². The zero-order valence-electron chi connectivity index (χ0n) is 76.0. The molecule has 16 aromatic heterocycles. The number of nitrogens with zero attached hydrogens (tertiary/aromatic N) is 31. The standard InChI is InChI=1S/C16H14F3N4.4C13H16N3.3C7H3F3N5.4Pt/c1-15(2,3)10-4-5-11-9(8-10)6-7-20-12(11)13-21-14(23-22-13)16(17,18)19;4*1-9-7-12(16-15-9)11-8-10(5-6-14-11)13(2,3)4;8-7(9,10)6-13-5(14-15-6)4-3-11-1-2-12-4;8-7(9,10)6-13-5(14-15-6)4-1-2-11-3-12-4;8-7(9,10)6-13-5(14-15-6)4-11-2-1-3-12-4;;;;/h4-8H,1-3H3;4*5-8H,1-4H3;3*1-3H;;;;/q8*-1;4*+2. The smallest absolute Gasteiger partial charge is 0.574 e. The van der Waals surface area contributed by atoms with Crippen molar-refractivity contribution in [1.82, 2.24) is 156 Å². The minimum atomic E-state index is -4.62. The number of pyridine rings is 5. The maximum absolute atomic E-state index is 12.6. The van der Waals surface area contributed by atoms with E-state index in [0.717, 1.165) is 79.3 Å². The Morgan fingerprint density at radius 2 is 0.566 bits per heavy atom. The van der Waals surface area contributed by atoms with Gasteiger partial charge in [0.1, 0.15) is 29.6 Å². The fourth-order valence-corrected chi connectivity index (χ4v) is 11.1. The topological polar surface area (TPSA) is 409 Å². The fourth-order valence-electron chi connectivity index (χ4n) is 11.1. The number of aromatic nitrogens is 31. The van der Waals surface area contributed by atoms with Crippen LogP contribution in [0.5, 0.6) is 0 Å². The Balaban J connectivity index is 0.000000239. The van der Waals surface area contributed by atoms with E-state index in [4.69, 9.17) is 0 Å². The maximum Gasteiger partial charge on any atom is 2.00 e. The van der Waals surface area contributed by atoms with E-state index in [0.29, 0.717) is 11.1 Å². The first kappa shape index (κ1) is 113. The molecule has 0 aliphatic carbocycles. The Morgan fingerprint density at radius 3 is 0.875 bits per heavy atom. The van der Waals surface area contributed by atoms with Crippen molar-refractivity contribution in [2.45, 2.75) is 183 Å². The Morgan fingerprint density at radius 1 is 0.250 bits per heavy atom. The van der Waals surface area contributed by atoms with Crippen molar-refractivity contribution in [3.05, 3.63) is 258 Å². The molecule has 17 aromatic rings. The second-order valence-corrected chi connectivity index (χ2v) is 34.1. The average molecular weight is 2600 g/mol. The van der Waals surface area contributed by atoms with Gasteiger partial charge in [0.05, 0.1) is 23.3 Å². The molecule has 0 saturated heterocycles. The van der Waals surface area contributed by atoms with E-state index in [-0.39, 0.29) is 152 Å². The molecule has 0 N–H and O–H groups in total. The third-order valence-electron chi connectivity index (χ3n) is 18.2. The van der Waals surface area contributed by atoms with E-state index in [1.54, 1.807) is 0 Å². The molecular formula is C89H87F12N31Pt4. The molecule has 722 valence electrons. The monoisotopic (exact) mass is 2600 g/mol. The van der Waals surface area contributed by atoms with Crippen LogP contribution in [0.3, 0.4) is 0 Å². The van der Waals surface area contributed by atoms with Gasteiger partial charge in [0.15, 0.2) is 5.82 Å². The zero-order valence-corrected chi connectivity index (χ0v) is 85.1. The molecule has 0 aliphatic heterocycles. The summed E-state index contributed by atoms with van der Waals surface area (Å²) < 4.78 is 147. The van der Waals surface area contributed by atoms with Gasteiger partial charge in [-0.05, 0) is 172 Å². The molecule has 0 saturated carbocycles. The summed E-state index contributed by atoms with van der Waals surface area (Å²) in [5.74, 6) is -5.77. The molecule has 31 nitrogen and oxygen atoms in total. The molecule has 0 atom stereocenters. The van der Waals surface area contributed by atoms with Gasteiger partial charge in [-0.3, -0.25) is 55.3 Å². The van der Waals surface area contributed by atoms with Gasteiger partial charge in [-0.2, -0.15) is 52.7 Å². The Hall–Kier alpha value is -12.2. The van der Waals surface area contributed by atoms with Crippen LogP contribution in [0.25, 0.3) is 103 Å². The number of benzene rings is 1. The molecule has 0 unspecified atom stereocenters. The van der Waals surface area contributed by atoms with E-state index in [1.165, 1.54) is 84.1 Å². The summed E-state index contributed by atoms with van der Waals surface area (Å²) >= 11 is 0. The number of halogens is 12. The van der Waals surface area contributed by atoms with Crippen LogP contribution in [0.4, 0.5) is 52.7 Å². The first-order valence-electron chi connectivity index (χ1n) is 40.0. The van der Waals surface area contributed by atoms with Crippen molar-refractivity contribution in [3.63, 3.8) is 0 Å². The predicted molar refractivity (Wildman–Crippen MR) is 461 cm³/mol. The molecule has 47 heteroatoms. The SMILES string of the molecule is CC(C)(C)c1ccc2c(-c3nc(C(F)(F)F)n[n-]3)nccc2c1.Cc1cc(-c2cc(C(C)(C)C)ccn2)[n-]n1.Cc1cc(-c2cc(C(C)(C)C)ccn2)[n-]n1.Cc1cc(-c2cc(C(C)(C)C)ccn2)[n-]n1.Cc1cc(-c2cc(C(C)(C)C)ccn2)[n-]n1.FC(F)(F)c1n[n-]c(-c2ccncn2)n1.FC(F)(F)c1n[n-]c(-c2cnccn2)n1.FC(F)(F)c1n[n-]c(-c2ncccn2)n1.[Pt+2].[Pt+2].[Pt+2].[Pt+2]. The molecule has 0 radical (unpaired) electrons. The minimum absolute atomic E-state index is 0. The number of aryl methyl sites for hydroxylation is 4. The van der Waals surface area contributed by atoms with Gasteiger partial charge in [0, 0.05) is 119 Å². The van der Waals surface area contributed by atoms with Crippen LogP contribution in [0.2, 0.25) is 0 Å². The van der Waals surface area contributed by atoms with Crippen molar-refractivity contribution in [2.75, 3.05) is 0 Å². The molecule has 0 spiro atoms. The first-order chi connectivity index (χ1) is 61.7. The molecule has 0 amide bonds. The third kappa shape index (κ3) is 32.8. The largest absolute Gasteiger partial charge is 2.00 e. The van der Waals surface area contributed by atoms with E-state index in [1.807, 2.05) is 125 Å². The quantitative estimate of drug-likeness (QED) is 0.127. The van der Waals surface area contributed by atoms with Crippen LogP contribution >= 0.6 is 0 Å². The summed E-state index contributed by atoms with van der Waals surface area (Å²) in [6.07, 6.45) is -0.196. The normalized spacial score (nSPS) is 11.6. The van der Waals surface area contributed by atoms with Crippen LogP contribution in [-0.2, 0) is 136 Å². The number of fused-ring (bicyclic) bond motifs is 1. The van der Waals surface area contributed by atoms with E-state index in [9.17, 15) is 52.7 Å². The summed E-state index contributed by atoms with van der Waals surface area (Å²) in [6.45, 7) is 40.3. The van der Waals surface area contributed by atoms with Crippen molar-refractivity contribution in [2.24, 2.45) is 0 Å². The number of alkyl halides is 12. The number of hydrogen-bond acceptors (Lipinski definition) is 23. The molecule has 1 aromatic carbocycles. The van der Waals surface area contributed by atoms with Crippen LogP contribution in [0.15, 0.2) is 184 Å². The molecule has 0 bridgehead atoms. The molecule has 0 fully saturated rings. The minimum Gasteiger partial charge on any atom is -0.574 e. The average Bonchev–Trinajstić information content (AvgIpc) is 1.40. The van der Waals surface area contributed by atoms with E-state index < -0.39 is 48.0 Å². The molecule has 17 rings (SSSR count). The fraction of sp³-hybridized carbons (Fsp3) is 0.315. The van der Waals surface area contributed by atoms with Gasteiger partial charge in [0.25, 0.3) is 0 Å². The Kier molecular flexibility index (Phi) is 39.3. The maximum atomic E-state index is 12.6. The molecular weight excluding hydrogens is 2510 g/mol. The van der Waals surface area contributed by atoms with E-state index in [2.05, 4.69) is 284 Å². The molecule has 0 aliphatic rings. The van der Waals surface area contributed by atoms with Gasteiger partial charge in [-0.1, -0.05) is 169 Å². The van der Waals surface area contributed by atoms with Crippen molar-refractivity contribution < 1.29 is 137 Å². The second kappa shape index (κ2) is 47.5. The van der Waals surface area contributed by atoms with Crippen molar-refractivity contribution >= 4 is 10.8 Å². The molecule has 136 heavy (non-hydrogen) atoms. The van der Waals surface area contributed by atoms with Crippen LogP contribution in [0, 0.1) is 27.7 Å². The predicted octanol–water partition coefficient (Wildman–Crippen LogP) is 17.5. The summed E-state index contributed by atoms with van der Waals surface area (Å²) in [7, 11) is 0. The summed E-state index contributed by atoms with van der Waals surface area (Å²) in [5, 5.41) is 59.1. The number of rotatable bonds is 8. The van der Waals surface area contributed by atoms with Crippen molar-refractivity contribution in [1.29, 1.82) is 0 Å². The number of hydrogen-bond donors (Lipinski definition) is 0. The van der Waals surface area contributed by atoms with Gasteiger partial charge >= 0.3 is 109 Å². The molecule has 16 heterocycles. The Bertz CT molecular complexity index is 5970. The Labute approximate surface area is 830 Å². The van der Waals surface area contributed by atoms with Gasteiger partial charge in [-0.15, -0.1) is 0 Å². The van der Waals surface area contributed by atoms with E-state index >= 15 is 0 Å². The summed E-state index contributed by atoms with van der Waals surface area (Å²) in [6, 6.07) is 34.9. The summed E-state index contributed by atoms with van der Waals surface area (Å²) in [4.78, 5) is 56.7. The summed E-state index contributed by atoms with van der Waals surface area (Å²) in [5.41, 5.74) is 18.0. The first-order valence-corrected chi connectivity index (χ1v) is 40.0.